The minimum absolute atomic E-state index is 0.0117. The third-order valence-electron chi connectivity index (χ3n) is 2.92. The van der Waals surface area contributed by atoms with Crippen molar-refractivity contribution < 1.29 is 15.0 Å². The van der Waals surface area contributed by atoms with Crippen molar-refractivity contribution in [2.45, 2.75) is 26.8 Å². The van der Waals surface area contributed by atoms with E-state index in [2.05, 4.69) is 0 Å². The number of benzene rings is 1. The molecule has 0 aromatic heterocycles. The fourth-order valence-corrected chi connectivity index (χ4v) is 1.64. The molecule has 0 heterocycles. The van der Waals surface area contributed by atoms with E-state index >= 15 is 0 Å². The third kappa shape index (κ3) is 2.77. The number of carbonyl (C=O) groups is 1. The van der Waals surface area contributed by atoms with E-state index in [1.807, 2.05) is 13.0 Å². The van der Waals surface area contributed by atoms with E-state index in [0.717, 1.165) is 5.56 Å². The van der Waals surface area contributed by atoms with Crippen LogP contribution in [0.25, 0.3) is 0 Å². The molecule has 0 aliphatic carbocycles. The topological polar surface area (TPSA) is 60.8 Å². The van der Waals surface area contributed by atoms with Gasteiger partial charge in [-0.15, -0.1) is 0 Å². The van der Waals surface area contributed by atoms with Crippen LogP contribution in [0.5, 0.6) is 5.75 Å². The molecule has 1 rings (SSSR count). The lowest BCUT2D eigenvalue weighted by Gasteiger charge is -2.24. The number of aryl methyl sites for hydroxylation is 2. The Morgan fingerprint density at radius 1 is 1.41 bits per heavy atom. The molecular weight excluding hydrogens is 218 g/mol. The number of aliphatic hydroxyl groups is 1. The third-order valence-corrected chi connectivity index (χ3v) is 2.92. The molecule has 4 heteroatoms. The number of amides is 1. The maximum Gasteiger partial charge on any atom is 0.257 e. The second-order valence-corrected chi connectivity index (χ2v) is 4.43. The summed E-state index contributed by atoms with van der Waals surface area (Å²) in [6.45, 7) is 5.28. The van der Waals surface area contributed by atoms with Crippen LogP contribution >= 0.6 is 0 Å². The van der Waals surface area contributed by atoms with Gasteiger partial charge >= 0.3 is 0 Å². The van der Waals surface area contributed by atoms with Crippen molar-refractivity contribution in [2.75, 3.05) is 13.7 Å². The zero-order valence-corrected chi connectivity index (χ0v) is 10.7. The average Bonchev–Trinajstić information content (AvgIpc) is 2.30. The molecule has 0 spiro atoms. The van der Waals surface area contributed by atoms with Crippen LogP contribution in [0.15, 0.2) is 12.1 Å². The van der Waals surface area contributed by atoms with Gasteiger partial charge in [-0.25, -0.2) is 0 Å². The van der Waals surface area contributed by atoms with Crippen LogP contribution in [-0.4, -0.2) is 40.7 Å². The van der Waals surface area contributed by atoms with E-state index in [4.69, 9.17) is 5.11 Å². The van der Waals surface area contributed by atoms with Crippen molar-refractivity contribution in [1.29, 1.82) is 0 Å². The van der Waals surface area contributed by atoms with Crippen LogP contribution in [0.2, 0.25) is 0 Å². The van der Waals surface area contributed by atoms with E-state index in [0.29, 0.717) is 5.56 Å². The van der Waals surface area contributed by atoms with Gasteiger partial charge in [-0.1, -0.05) is 6.07 Å². The minimum Gasteiger partial charge on any atom is -0.507 e. The van der Waals surface area contributed by atoms with Gasteiger partial charge in [-0.3, -0.25) is 4.79 Å². The Morgan fingerprint density at radius 2 is 2.00 bits per heavy atom. The summed E-state index contributed by atoms with van der Waals surface area (Å²) in [5.41, 5.74) is 1.89. The minimum atomic E-state index is -0.282. The summed E-state index contributed by atoms with van der Waals surface area (Å²) in [6, 6.07) is 3.20. The Labute approximate surface area is 101 Å². The number of rotatable bonds is 3. The molecule has 2 N–H and O–H groups in total. The summed E-state index contributed by atoms with van der Waals surface area (Å²) in [5.74, 6) is -0.270. The summed E-state index contributed by atoms with van der Waals surface area (Å²) in [4.78, 5) is 13.5. The van der Waals surface area contributed by atoms with E-state index in [-0.39, 0.29) is 29.9 Å². The van der Waals surface area contributed by atoms with E-state index < -0.39 is 0 Å². The maximum absolute atomic E-state index is 12.1. The lowest BCUT2D eigenvalue weighted by Crippen LogP contribution is -2.37. The van der Waals surface area contributed by atoms with E-state index in [1.54, 1.807) is 27.0 Å². The highest BCUT2D eigenvalue weighted by atomic mass is 16.3. The fourth-order valence-electron chi connectivity index (χ4n) is 1.64. The van der Waals surface area contributed by atoms with Crippen LogP contribution in [-0.2, 0) is 0 Å². The summed E-state index contributed by atoms with van der Waals surface area (Å²) in [6.07, 6.45) is 0. The van der Waals surface area contributed by atoms with Gasteiger partial charge in [0.05, 0.1) is 18.2 Å². The predicted octanol–water partition coefficient (Wildman–Crippen LogP) is 1.46. The van der Waals surface area contributed by atoms with Crippen molar-refractivity contribution in [3.63, 3.8) is 0 Å². The monoisotopic (exact) mass is 237 g/mol. The Hall–Kier alpha value is -1.55. The van der Waals surface area contributed by atoms with E-state index in [9.17, 15) is 9.90 Å². The number of phenols is 1. The van der Waals surface area contributed by atoms with Gasteiger partial charge in [0.25, 0.3) is 5.91 Å². The number of aliphatic hydroxyl groups excluding tert-OH is 1. The molecule has 0 saturated heterocycles. The number of carbonyl (C=O) groups excluding carboxylic acids is 1. The molecule has 0 fully saturated rings. The lowest BCUT2D eigenvalue weighted by molar-refractivity contribution is 0.0679. The molecule has 1 atom stereocenters. The van der Waals surface area contributed by atoms with Gasteiger partial charge in [-0.05, 0) is 38.0 Å². The SMILES string of the molecule is Cc1cc(C)c(O)c(C(=O)N(C)C(C)CO)c1. The van der Waals surface area contributed by atoms with Crippen LogP contribution in [0.1, 0.15) is 28.4 Å². The fraction of sp³-hybridized carbons (Fsp3) is 0.462. The van der Waals surface area contributed by atoms with Gasteiger partial charge in [-0.2, -0.15) is 0 Å². The molecule has 17 heavy (non-hydrogen) atoms. The highest BCUT2D eigenvalue weighted by Crippen LogP contribution is 2.25. The molecule has 1 aromatic rings. The lowest BCUT2D eigenvalue weighted by atomic mass is 10.0. The number of hydrogen-bond acceptors (Lipinski definition) is 3. The van der Waals surface area contributed by atoms with Crippen LogP contribution in [0.4, 0.5) is 0 Å². The maximum atomic E-state index is 12.1. The zero-order chi connectivity index (χ0) is 13.2. The first-order valence-electron chi connectivity index (χ1n) is 5.56. The molecule has 0 aliphatic rings. The summed E-state index contributed by atoms with van der Waals surface area (Å²) < 4.78 is 0. The second-order valence-electron chi connectivity index (χ2n) is 4.43. The van der Waals surface area contributed by atoms with Crippen LogP contribution in [0.3, 0.4) is 0 Å². The molecule has 0 saturated carbocycles. The zero-order valence-electron chi connectivity index (χ0n) is 10.7. The van der Waals surface area contributed by atoms with E-state index in [1.165, 1.54) is 4.90 Å². The van der Waals surface area contributed by atoms with Crippen molar-refractivity contribution in [3.8, 4) is 5.75 Å². The van der Waals surface area contributed by atoms with Gasteiger partial charge in [0, 0.05) is 7.05 Å². The van der Waals surface area contributed by atoms with Gasteiger partial charge in [0.1, 0.15) is 5.75 Å². The standard InChI is InChI=1S/C13H19NO3/c1-8-5-9(2)12(16)11(6-8)13(17)14(4)10(3)7-15/h5-6,10,15-16H,7H2,1-4H3. The highest BCUT2D eigenvalue weighted by Gasteiger charge is 2.20. The normalized spacial score (nSPS) is 12.3. The number of phenolic OH excluding ortho intramolecular Hbond substituents is 1. The Balaban J connectivity index is 3.12. The second kappa shape index (κ2) is 5.19. The molecule has 0 aliphatic heterocycles. The number of nitrogens with zero attached hydrogens (tertiary/aromatic N) is 1. The largest absolute Gasteiger partial charge is 0.507 e. The highest BCUT2D eigenvalue weighted by molar-refractivity contribution is 5.97. The Bertz CT molecular complexity index is 429. The average molecular weight is 237 g/mol. The van der Waals surface area contributed by atoms with Crippen molar-refractivity contribution >= 4 is 5.91 Å². The Kier molecular flexibility index (Phi) is 4.12. The molecule has 0 bridgehead atoms. The van der Waals surface area contributed by atoms with Crippen molar-refractivity contribution in [3.05, 3.63) is 28.8 Å². The van der Waals surface area contributed by atoms with Gasteiger partial charge in [0.15, 0.2) is 0 Å². The summed E-state index contributed by atoms with van der Waals surface area (Å²) >= 11 is 0. The van der Waals surface area contributed by atoms with Gasteiger partial charge < -0.3 is 15.1 Å². The number of hydrogen-bond donors (Lipinski definition) is 2. The van der Waals surface area contributed by atoms with Crippen molar-refractivity contribution in [1.82, 2.24) is 4.90 Å². The first-order valence-corrected chi connectivity index (χ1v) is 5.56. The van der Waals surface area contributed by atoms with Crippen LogP contribution in [0, 0.1) is 13.8 Å². The molecule has 94 valence electrons. The Morgan fingerprint density at radius 3 is 2.53 bits per heavy atom. The number of aromatic hydroxyl groups is 1. The first kappa shape index (κ1) is 13.5. The first-order chi connectivity index (χ1) is 7.88. The smallest absolute Gasteiger partial charge is 0.257 e. The molecule has 1 aromatic carbocycles. The quantitative estimate of drug-likeness (QED) is 0.836. The molecule has 1 unspecified atom stereocenters. The van der Waals surface area contributed by atoms with Gasteiger partial charge in [0.2, 0.25) is 0 Å². The summed E-state index contributed by atoms with van der Waals surface area (Å²) in [7, 11) is 1.61. The molecular formula is C13H19NO3. The van der Waals surface area contributed by atoms with Crippen molar-refractivity contribution in [2.24, 2.45) is 0 Å². The summed E-state index contributed by atoms with van der Waals surface area (Å²) in [5, 5.41) is 18.9. The molecule has 1 amide bonds. The number of likely N-dealkylation sites (N-methyl/N-ethyl adjacent to an activating group) is 1. The molecule has 0 radical (unpaired) electrons. The predicted molar refractivity (Wildman–Crippen MR) is 66.2 cm³/mol. The molecule has 4 nitrogen and oxygen atoms in total. The van der Waals surface area contributed by atoms with Crippen LogP contribution < -0.4 is 0 Å².